The van der Waals surface area contributed by atoms with E-state index in [0.29, 0.717) is 0 Å². The monoisotopic (exact) mass is 138 g/mol. The Balaban J connectivity index is 2.65. The Kier molecular flexibility index (Phi) is 1.90. The molecular weight excluding hydrogens is 128 g/mol. The third kappa shape index (κ3) is 1.26. The van der Waals surface area contributed by atoms with E-state index < -0.39 is 5.97 Å². The van der Waals surface area contributed by atoms with Gasteiger partial charge in [-0.3, -0.25) is 0 Å². The van der Waals surface area contributed by atoms with Gasteiger partial charge < -0.3 is 5.11 Å². The normalized spacial score (nSPS) is 16.6. The Hall–Kier alpha value is -1.05. The fourth-order valence-corrected chi connectivity index (χ4v) is 1.08. The molecule has 0 unspecified atom stereocenters. The summed E-state index contributed by atoms with van der Waals surface area (Å²) in [5, 5.41) is 8.50. The van der Waals surface area contributed by atoms with Gasteiger partial charge in [0.15, 0.2) is 0 Å². The number of aliphatic carboxylic acids is 1. The van der Waals surface area contributed by atoms with E-state index in [4.69, 9.17) is 5.11 Å². The van der Waals surface area contributed by atoms with Crippen LogP contribution >= 0.6 is 0 Å². The maximum Gasteiger partial charge on any atom is 0.335 e. The molecule has 2 heteroatoms. The van der Waals surface area contributed by atoms with Crippen LogP contribution in [0.15, 0.2) is 23.8 Å². The van der Waals surface area contributed by atoms with E-state index in [0.717, 1.165) is 24.8 Å². The Morgan fingerprint density at radius 1 is 1.70 bits per heavy atom. The van der Waals surface area contributed by atoms with Crippen molar-refractivity contribution < 1.29 is 9.90 Å². The number of carboxylic acid groups (broad SMARTS) is 1. The smallest absolute Gasteiger partial charge is 0.335 e. The van der Waals surface area contributed by atoms with Gasteiger partial charge in [-0.15, -0.1) is 0 Å². The number of allylic oxidation sites excluding steroid dienone is 1. The third-order valence-corrected chi connectivity index (χ3v) is 1.69. The summed E-state index contributed by atoms with van der Waals surface area (Å²) >= 11 is 0. The lowest BCUT2D eigenvalue weighted by molar-refractivity contribution is -0.132. The van der Waals surface area contributed by atoms with Crippen LogP contribution in [0.2, 0.25) is 0 Å². The van der Waals surface area contributed by atoms with Gasteiger partial charge in [0.25, 0.3) is 0 Å². The van der Waals surface area contributed by atoms with E-state index in [1.54, 1.807) is 0 Å². The average Bonchev–Trinajstić information content (AvgIpc) is 2.36. The fraction of sp³-hybridized carbons (Fsp3) is 0.375. The molecule has 0 amide bonds. The summed E-state index contributed by atoms with van der Waals surface area (Å²) in [6.45, 7) is 3.47. The standard InChI is InChI=1S/C8H10O2/c1-6(8(9)10)7-4-2-3-5-7/h4H,1-3,5H2,(H,9,10). The zero-order valence-corrected chi connectivity index (χ0v) is 5.76. The van der Waals surface area contributed by atoms with Crippen molar-refractivity contribution in [3.63, 3.8) is 0 Å². The van der Waals surface area contributed by atoms with Crippen molar-refractivity contribution in [3.05, 3.63) is 23.8 Å². The first kappa shape index (κ1) is 7.06. The third-order valence-electron chi connectivity index (χ3n) is 1.69. The quantitative estimate of drug-likeness (QED) is 0.590. The molecule has 1 N–H and O–H groups in total. The van der Waals surface area contributed by atoms with Gasteiger partial charge in [0.1, 0.15) is 0 Å². The van der Waals surface area contributed by atoms with Crippen LogP contribution in [0.1, 0.15) is 19.3 Å². The summed E-state index contributed by atoms with van der Waals surface area (Å²) in [7, 11) is 0. The molecule has 0 aromatic heterocycles. The SMILES string of the molecule is C=C(C(=O)O)C1=CCCC1. The second-order valence-electron chi connectivity index (χ2n) is 2.41. The van der Waals surface area contributed by atoms with E-state index in [1.807, 2.05) is 6.08 Å². The molecule has 0 aromatic carbocycles. The Labute approximate surface area is 59.9 Å². The molecule has 2 nitrogen and oxygen atoms in total. The average molecular weight is 138 g/mol. The van der Waals surface area contributed by atoms with Crippen molar-refractivity contribution >= 4 is 5.97 Å². The van der Waals surface area contributed by atoms with Crippen molar-refractivity contribution in [3.8, 4) is 0 Å². The predicted octanol–water partition coefficient (Wildman–Crippen LogP) is 1.74. The molecule has 0 atom stereocenters. The van der Waals surface area contributed by atoms with Crippen molar-refractivity contribution in [1.82, 2.24) is 0 Å². The molecule has 0 spiro atoms. The van der Waals surface area contributed by atoms with E-state index >= 15 is 0 Å². The summed E-state index contributed by atoms with van der Waals surface area (Å²) in [6, 6.07) is 0. The lowest BCUT2D eigenvalue weighted by atomic mass is 10.1. The molecule has 10 heavy (non-hydrogen) atoms. The van der Waals surface area contributed by atoms with Gasteiger partial charge in [0.2, 0.25) is 0 Å². The number of hydrogen-bond donors (Lipinski definition) is 1. The maximum absolute atomic E-state index is 10.3. The maximum atomic E-state index is 10.3. The topological polar surface area (TPSA) is 37.3 Å². The first-order valence-corrected chi connectivity index (χ1v) is 3.33. The molecule has 1 aliphatic rings. The number of carboxylic acids is 1. The summed E-state index contributed by atoms with van der Waals surface area (Å²) in [5.41, 5.74) is 1.17. The molecule has 1 rings (SSSR count). The van der Waals surface area contributed by atoms with Gasteiger partial charge in [-0.2, -0.15) is 0 Å². The van der Waals surface area contributed by atoms with Gasteiger partial charge in [-0.05, 0) is 24.8 Å². The molecule has 54 valence electrons. The van der Waals surface area contributed by atoms with Gasteiger partial charge in [0.05, 0.1) is 5.57 Å². The van der Waals surface area contributed by atoms with Crippen LogP contribution in [-0.4, -0.2) is 11.1 Å². The van der Waals surface area contributed by atoms with E-state index in [2.05, 4.69) is 6.58 Å². The van der Waals surface area contributed by atoms with Gasteiger partial charge >= 0.3 is 5.97 Å². The lowest BCUT2D eigenvalue weighted by Gasteiger charge is -1.97. The molecule has 0 radical (unpaired) electrons. The first-order valence-electron chi connectivity index (χ1n) is 3.33. The molecule has 0 aromatic rings. The van der Waals surface area contributed by atoms with Crippen LogP contribution in [0, 0.1) is 0 Å². The Morgan fingerprint density at radius 3 is 2.80 bits per heavy atom. The fourth-order valence-electron chi connectivity index (χ4n) is 1.08. The Morgan fingerprint density at radius 2 is 2.40 bits per heavy atom. The number of hydrogen-bond acceptors (Lipinski definition) is 1. The first-order chi connectivity index (χ1) is 4.72. The molecule has 1 aliphatic carbocycles. The van der Waals surface area contributed by atoms with Crippen LogP contribution in [0.5, 0.6) is 0 Å². The molecular formula is C8H10O2. The van der Waals surface area contributed by atoms with Gasteiger partial charge in [-0.1, -0.05) is 12.7 Å². The Bertz CT molecular complexity index is 201. The summed E-state index contributed by atoms with van der Waals surface area (Å²) in [6.07, 6.45) is 4.91. The molecule has 0 saturated carbocycles. The van der Waals surface area contributed by atoms with Crippen molar-refractivity contribution in [1.29, 1.82) is 0 Å². The van der Waals surface area contributed by atoms with Gasteiger partial charge in [0, 0.05) is 0 Å². The minimum atomic E-state index is -0.895. The van der Waals surface area contributed by atoms with E-state index in [9.17, 15) is 4.79 Å². The number of rotatable bonds is 2. The lowest BCUT2D eigenvalue weighted by Crippen LogP contribution is -2.00. The van der Waals surface area contributed by atoms with Gasteiger partial charge in [-0.25, -0.2) is 4.79 Å². The summed E-state index contributed by atoms with van der Waals surface area (Å²) in [4.78, 5) is 10.3. The predicted molar refractivity (Wildman–Crippen MR) is 38.7 cm³/mol. The van der Waals surface area contributed by atoms with Crippen molar-refractivity contribution in [2.75, 3.05) is 0 Å². The molecule has 0 heterocycles. The van der Waals surface area contributed by atoms with E-state index in [-0.39, 0.29) is 5.57 Å². The highest BCUT2D eigenvalue weighted by atomic mass is 16.4. The van der Waals surface area contributed by atoms with Crippen LogP contribution < -0.4 is 0 Å². The van der Waals surface area contributed by atoms with Crippen LogP contribution in [0.4, 0.5) is 0 Å². The highest BCUT2D eigenvalue weighted by molar-refractivity contribution is 5.91. The summed E-state index contributed by atoms with van der Waals surface area (Å²) < 4.78 is 0. The molecule has 0 aliphatic heterocycles. The summed E-state index contributed by atoms with van der Waals surface area (Å²) in [5.74, 6) is -0.895. The number of carbonyl (C=O) groups is 1. The van der Waals surface area contributed by atoms with Crippen LogP contribution in [0.3, 0.4) is 0 Å². The minimum Gasteiger partial charge on any atom is -0.478 e. The van der Waals surface area contributed by atoms with E-state index in [1.165, 1.54) is 0 Å². The highest BCUT2D eigenvalue weighted by Gasteiger charge is 2.12. The van der Waals surface area contributed by atoms with Crippen molar-refractivity contribution in [2.45, 2.75) is 19.3 Å². The zero-order valence-electron chi connectivity index (χ0n) is 5.76. The zero-order chi connectivity index (χ0) is 7.56. The molecule has 0 fully saturated rings. The highest BCUT2D eigenvalue weighted by Crippen LogP contribution is 2.23. The molecule has 0 saturated heterocycles. The van der Waals surface area contributed by atoms with Crippen LogP contribution in [0.25, 0.3) is 0 Å². The molecule has 0 bridgehead atoms. The second-order valence-corrected chi connectivity index (χ2v) is 2.41. The van der Waals surface area contributed by atoms with Crippen LogP contribution in [-0.2, 0) is 4.79 Å². The minimum absolute atomic E-state index is 0.262. The second kappa shape index (κ2) is 2.69. The van der Waals surface area contributed by atoms with Crippen molar-refractivity contribution in [2.24, 2.45) is 0 Å². The largest absolute Gasteiger partial charge is 0.478 e.